The highest BCUT2D eigenvalue weighted by Crippen LogP contribution is 2.14. The van der Waals surface area contributed by atoms with Crippen LogP contribution in [0.2, 0.25) is 0 Å². The Bertz CT molecular complexity index is 483. The number of piperazine rings is 1. The lowest BCUT2D eigenvalue weighted by Crippen LogP contribution is -2.43. The first-order valence-electron chi connectivity index (χ1n) is 6.58. The molecule has 2 aromatic rings. The van der Waals surface area contributed by atoms with Crippen molar-refractivity contribution in [2.45, 2.75) is 6.54 Å². The highest BCUT2D eigenvalue weighted by atomic mass is 15.2. The minimum atomic E-state index is 1.03. The van der Waals surface area contributed by atoms with Gasteiger partial charge in [0.1, 0.15) is 0 Å². The van der Waals surface area contributed by atoms with Crippen molar-refractivity contribution in [2.75, 3.05) is 26.2 Å². The fourth-order valence-electron chi connectivity index (χ4n) is 2.48. The maximum Gasteiger partial charge on any atom is 0.0452 e. The molecule has 0 unspecified atom stereocenters. The van der Waals surface area contributed by atoms with Crippen LogP contribution < -0.4 is 5.32 Å². The monoisotopic (exact) mass is 241 g/mol. The molecule has 3 rings (SSSR count). The molecule has 0 aliphatic carbocycles. The van der Waals surface area contributed by atoms with Crippen LogP contribution in [0.4, 0.5) is 0 Å². The third-order valence-electron chi connectivity index (χ3n) is 3.46. The molecule has 0 saturated carbocycles. The average molecular weight is 241 g/mol. The standard InChI is InChI=1S/C15H19N3/c1-2-5-14(6-3-1)18-10-4-7-15(18)13-17-11-8-16-9-12-17/h1-7,10,16H,8-9,11-13H2. The van der Waals surface area contributed by atoms with E-state index in [0.29, 0.717) is 0 Å². The van der Waals surface area contributed by atoms with Crippen molar-refractivity contribution in [3.63, 3.8) is 0 Å². The molecule has 1 aliphatic rings. The number of benzene rings is 1. The second-order valence-electron chi connectivity index (χ2n) is 4.73. The van der Waals surface area contributed by atoms with Crippen LogP contribution in [-0.4, -0.2) is 35.6 Å². The van der Waals surface area contributed by atoms with E-state index in [0.717, 1.165) is 32.7 Å². The highest BCUT2D eigenvalue weighted by molar-refractivity contribution is 5.34. The summed E-state index contributed by atoms with van der Waals surface area (Å²) in [5.41, 5.74) is 2.61. The molecule has 18 heavy (non-hydrogen) atoms. The molecule has 1 aromatic carbocycles. The molecule has 0 atom stereocenters. The molecule has 1 N–H and O–H groups in total. The Morgan fingerprint density at radius 2 is 1.72 bits per heavy atom. The normalized spacial score (nSPS) is 16.9. The van der Waals surface area contributed by atoms with E-state index in [9.17, 15) is 0 Å². The van der Waals surface area contributed by atoms with Crippen molar-refractivity contribution < 1.29 is 0 Å². The van der Waals surface area contributed by atoms with E-state index in [-0.39, 0.29) is 0 Å². The fraction of sp³-hybridized carbons (Fsp3) is 0.333. The third kappa shape index (κ3) is 2.47. The lowest BCUT2D eigenvalue weighted by molar-refractivity contribution is 0.229. The van der Waals surface area contributed by atoms with E-state index in [1.807, 2.05) is 0 Å². The van der Waals surface area contributed by atoms with Gasteiger partial charge in [0.05, 0.1) is 0 Å². The van der Waals surface area contributed by atoms with E-state index in [1.165, 1.54) is 11.4 Å². The average Bonchev–Trinajstić information content (AvgIpc) is 2.89. The molecule has 1 fully saturated rings. The summed E-state index contributed by atoms with van der Waals surface area (Å²) < 4.78 is 2.28. The molecule has 0 radical (unpaired) electrons. The summed E-state index contributed by atoms with van der Waals surface area (Å²) in [5.74, 6) is 0. The predicted molar refractivity (Wildman–Crippen MR) is 73.9 cm³/mol. The molecule has 94 valence electrons. The largest absolute Gasteiger partial charge is 0.320 e. The summed E-state index contributed by atoms with van der Waals surface area (Å²) in [4.78, 5) is 2.51. The van der Waals surface area contributed by atoms with Crippen LogP contribution in [0.5, 0.6) is 0 Å². The Kier molecular flexibility index (Phi) is 3.44. The van der Waals surface area contributed by atoms with Crippen LogP contribution in [0.3, 0.4) is 0 Å². The Morgan fingerprint density at radius 1 is 0.944 bits per heavy atom. The maximum atomic E-state index is 3.39. The smallest absolute Gasteiger partial charge is 0.0452 e. The van der Waals surface area contributed by atoms with Gasteiger partial charge in [0.15, 0.2) is 0 Å². The first-order chi connectivity index (χ1) is 8.93. The quantitative estimate of drug-likeness (QED) is 0.885. The van der Waals surface area contributed by atoms with Crippen molar-refractivity contribution in [3.8, 4) is 5.69 Å². The molecule has 1 saturated heterocycles. The molecule has 0 bridgehead atoms. The minimum absolute atomic E-state index is 1.03. The maximum absolute atomic E-state index is 3.39. The molecular formula is C15H19N3. The van der Waals surface area contributed by atoms with Crippen LogP contribution in [0.15, 0.2) is 48.7 Å². The Balaban J connectivity index is 1.79. The fourth-order valence-corrected chi connectivity index (χ4v) is 2.48. The summed E-state index contributed by atoms with van der Waals surface area (Å²) in [7, 11) is 0. The van der Waals surface area contributed by atoms with Crippen molar-refractivity contribution in [1.82, 2.24) is 14.8 Å². The van der Waals surface area contributed by atoms with Gasteiger partial charge < -0.3 is 9.88 Å². The summed E-state index contributed by atoms with van der Waals surface area (Å²) in [6, 6.07) is 14.9. The number of nitrogens with zero attached hydrogens (tertiary/aromatic N) is 2. The lowest BCUT2D eigenvalue weighted by Gasteiger charge is -2.27. The summed E-state index contributed by atoms with van der Waals surface area (Å²) in [6.45, 7) is 5.52. The number of hydrogen-bond donors (Lipinski definition) is 1. The first kappa shape index (κ1) is 11.5. The molecule has 1 aliphatic heterocycles. The van der Waals surface area contributed by atoms with Gasteiger partial charge in [0.2, 0.25) is 0 Å². The van der Waals surface area contributed by atoms with Crippen LogP contribution in [-0.2, 0) is 6.54 Å². The van der Waals surface area contributed by atoms with Crippen LogP contribution in [0.1, 0.15) is 5.69 Å². The zero-order chi connectivity index (χ0) is 12.2. The zero-order valence-electron chi connectivity index (χ0n) is 10.5. The SMILES string of the molecule is c1ccc(-n2cccc2CN2CCNCC2)cc1. The number of rotatable bonds is 3. The van der Waals surface area contributed by atoms with E-state index in [1.54, 1.807) is 0 Å². The van der Waals surface area contributed by atoms with E-state index in [4.69, 9.17) is 0 Å². The van der Waals surface area contributed by atoms with E-state index in [2.05, 4.69) is 63.4 Å². The van der Waals surface area contributed by atoms with E-state index >= 15 is 0 Å². The Labute approximate surface area is 108 Å². The number of nitrogens with one attached hydrogen (secondary N) is 1. The lowest BCUT2D eigenvalue weighted by atomic mass is 10.3. The second-order valence-corrected chi connectivity index (χ2v) is 4.73. The Morgan fingerprint density at radius 3 is 2.50 bits per heavy atom. The number of hydrogen-bond acceptors (Lipinski definition) is 2. The van der Waals surface area contributed by atoms with Gasteiger partial charge in [-0.05, 0) is 24.3 Å². The van der Waals surface area contributed by atoms with Crippen LogP contribution >= 0.6 is 0 Å². The van der Waals surface area contributed by atoms with Crippen molar-refractivity contribution in [1.29, 1.82) is 0 Å². The van der Waals surface area contributed by atoms with Gasteiger partial charge in [-0.1, -0.05) is 18.2 Å². The second kappa shape index (κ2) is 5.38. The van der Waals surface area contributed by atoms with Gasteiger partial charge in [-0.2, -0.15) is 0 Å². The molecule has 3 heteroatoms. The molecule has 0 amide bonds. The summed E-state index contributed by atoms with van der Waals surface area (Å²) in [6.07, 6.45) is 2.15. The van der Waals surface area contributed by atoms with Gasteiger partial charge in [-0.3, -0.25) is 4.90 Å². The predicted octanol–water partition coefficient (Wildman–Crippen LogP) is 1.88. The highest BCUT2D eigenvalue weighted by Gasteiger charge is 2.12. The van der Waals surface area contributed by atoms with Crippen molar-refractivity contribution in [2.24, 2.45) is 0 Å². The molecule has 2 heterocycles. The first-order valence-corrected chi connectivity index (χ1v) is 6.58. The van der Waals surface area contributed by atoms with Gasteiger partial charge in [0, 0.05) is 50.3 Å². The molecule has 1 aromatic heterocycles. The van der Waals surface area contributed by atoms with Crippen LogP contribution in [0, 0.1) is 0 Å². The van der Waals surface area contributed by atoms with Crippen LogP contribution in [0.25, 0.3) is 5.69 Å². The molecule has 0 spiro atoms. The summed E-state index contributed by atoms with van der Waals surface area (Å²) >= 11 is 0. The Hall–Kier alpha value is -1.58. The number of aromatic nitrogens is 1. The third-order valence-corrected chi connectivity index (χ3v) is 3.46. The molecular weight excluding hydrogens is 222 g/mol. The van der Waals surface area contributed by atoms with Gasteiger partial charge in [0.25, 0.3) is 0 Å². The van der Waals surface area contributed by atoms with Gasteiger partial charge in [-0.25, -0.2) is 0 Å². The van der Waals surface area contributed by atoms with Gasteiger partial charge >= 0.3 is 0 Å². The summed E-state index contributed by atoms with van der Waals surface area (Å²) in [5, 5.41) is 3.39. The topological polar surface area (TPSA) is 20.2 Å². The van der Waals surface area contributed by atoms with E-state index < -0.39 is 0 Å². The number of para-hydroxylation sites is 1. The zero-order valence-corrected chi connectivity index (χ0v) is 10.5. The molecule has 3 nitrogen and oxygen atoms in total. The van der Waals surface area contributed by atoms with Gasteiger partial charge in [-0.15, -0.1) is 0 Å². The minimum Gasteiger partial charge on any atom is -0.320 e. The van der Waals surface area contributed by atoms with Crippen molar-refractivity contribution in [3.05, 3.63) is 54.4 Å². The van der Waals surface area contributed by atoms with Crippen molar-refractivity contribution >= 4 is 0 Å².